The lowest BCUT2D eigenvalue weighted by molar-refractivity contribution is -0.121. The Kier molecular flexibility index (Phi) is 6.42. The molecular formula is C23H27N3O. The van der Waals surface area contributed by atoms with E-state index in [-0.39, 0.29) is 11.9 Å². The number of unbranched alkanes of at least 4 members (excludes halogenated alkanes) is 1. The highest BCUT2D eigenvalue weighted by molar-refractivity contribution is 5.79. The molecule has 0 fully saturated rings. The van der Waals surface area contributed by atoms with Crippen molar-refractivity contribution in [2.24, 2.45) is 0 Å². The van der Waals surface area contributed by atoms with Gasteiger partial charge in [0, 0.05) is 18.1 Å². The van der Waals surface area contributed by atoms with Gasteiger partial charge in [0.1, 0.15) is 0 Å². The van der Waals surface area contributed by atoms with Crippen molar-refractivity contribution in [3.05, 3.63) is 83.9 Å². The van der Waals surface area contributed by atoms with Crippen LogP contribution in [0.25, 0.3) is 5.69 Å². The number of aryl methyl sites for hydroxylation is 1. The summed E-state index contributed by atoms with van der Waals surface area (Å²) in [6.07, 6.45) is 9.36. The third-order valence-corrected chi connectivity index (χ3v) is 4.78. The zero-order valence-corrected chi connectivity index (χ0v) is 16.1. The number of aromatic nitrogens is 2. The number of carbonyl (C=O) groups excluding carboxylic acids is 1. The number of nitrogens with zero attached hydrogens (tertiary/aromatic N) is 2. The number of rotatable bonds is 8. The van der Waals surface area contributed by atoms with Gasteiger partial charge in [-0.3, -0.25) is 4.79 Å². The van der Waals surface area contributed by atoms with Crippen molar-refractivity contribution in [1.29, 1.82) is 0 Å². The highest BCUT2D eigenvalue weighted by Gasteiger charge is 2.10. The summed E-state index contributed by atoms with van der Waals surface area (Å²) < 4.78 is 1.96. The van der Waals surface area contributed by atoms with Crippen LogP contribution in [0.2, 0.25) is 0 Å². The minimum absolute atomic E-state index is 0.0295. The Bertz CT molecular complexity index is 836. The van der Waals surface area contributed by atoms with Gasteiger partial charge < -0.3 is 9.88 Å². The third kappa shape index (κ3) is 5.30. The monoisotopic (exact) mass is 361 g/mol. The van der Waals surface area contributed by atoms with Crippen LogP contribution in [0.15, 0.2) is 67.3 Å². The molecule has 0 aliphatic rings. The van der Waals surface area contributed by atoms with Gasteiger partial charge in [0.15, 0.2) is 0 Å². The first kappa shape index (κ1) is 18.9. The van der Waals surface area contributed by atoms with Gasteiger partial charge in [0.05, 0.1) is 18.8 Å². The maximum absolute atomic E-state index is 12.4. The first-order chi connectivity index (χ1) is 13.2. The lowest BCUT2D eigenvalue weighted by atomic mass is 10.0. The zero-order chi connectivity index (χ0) is 19.1. The highest BCUT2D eigenvalue weighted by atomic mass is 16.1. The molecule has 0 spiro atoms. The van der Waals surface area contributed by atoms with Crippen molar-refractivity contribution in [3.8, 4) is 5.69 Å². The first-order valence-corrected chi connectivity index (χ1v) is 9.61. The molecule has 1 aromatic heterocycles. The molecule has 4 nitrogen and oxygen atoms in total. The standard InChI is InChI=1S/C23H27N3O/c1-3-4-5-19-6-8-20(9-7-19)16-23(27)25-18(2)21-10-12-22(13-11-21)26-15-14-24-17-26/h6-15,17-18H,3-5,16H2,1-2H3,(H,25,27)/t18-/m1/s1. The Hall–Kier alpha value is -2.88. The first-order valence-electron chi connectivity index (χ1n) is 9.61. The Labute approximate surface area is 161 Å². The molecule has 0 saturated carbocycles. The van der Waals surface area contributed by atoms with E-state index in [0.717, 1.165) is 23.2 Å². The molecule has 0 unspecified atom stereocenters. The second-order valence-corrected chi connectivity index (χ2v) is 6.95. The van der Waals surface area contributed by atoms with Gasteiger partial charge >= 0.3 is 0 Å². The minimum Gasteiger partial charge on any atom is -0.349 e. The van der Waals surface area contributed by atoms with Crippen molar-refractivity contribution in [2.45, 2.75) is 45.6 Å². The van der Waals surface area contributed by atoms with Crippen LogP contribution in [0.5, 0.6) is 0 Å². The minimum atomic E-state index is -0.0295. The van der Waals surface area contributed by atoms with Gasteiger partial charge in [-0.1, -0.05) is 49.7 Å². The molecule has 0 radical (unpaired) electrons. The summed E-state index contributed by atoms with van der Waals surface area (Å²) in [5.74, 6) is 0.0440. The number of carbonyl (C=O) groups is 1. The normalized spacial score (nSPS) is 11.9. The van der Waals surface area contributed by atoms with Crippen molar-refractivity contribution in [1.82, 2.24) is 14.9 Å². The van der Waals surface area contributed by atoms with E-state index in [1.165, 1.54) is 18.4 Å². The predicted molar refractivity (Wildman–Crippen MR) is 109 cm³/mol. The summed E-state index contributed by atoms with van der Waals surface area (Å²) in [4.78, 5) is 16.4. The molecule has 3 rings (SSSR count). The van der Waals surface area contributed by atoms with E-state index >= 15 is 0 Å². The molecule has 1 amide bonds. The van der Waals surface area contributed by atoms with E-state index in [0.29, 0.717) is 6.42 Å². The van der Waals surface area contributed by atoms with Crippen LogP contribution in [-0.4, -0.2) is 15.5 Å². The van der Waals surface area contributed by atoms with Crippen LogP contribution in [0.1, 0.15) is 49.4 Å². The highest BCUT2D eigenvalue weighted by Crippen LogP contribution is 2.16. The number of benzene rings is 2. The predicted octanol–water partition coefficient (Wildman–Crippen LogP) is 4.63. The fourth-order valence-corrected chi connectivity index (χ4v) is 3.11. The maximum Gasteiger partial charge on any atom is 0.224 e. The van der Waals surface area contributed by atoms with E-state index in [1.807, 2.05) is 42.0 Å². The largest absolute Gasteiger partial charge is 0.349 e. The van der Waals surface area contributed by atoms with E-state index < -0.39 is 0 Å². The van der Waals surface area contributed by atoms with Crippen LogP contribution >= 0.6 is 0 Å². The summed E-state index contributed by atoms with van der Waals surface area (Å²) in [6, 6.07) is 16.5. The molecule has 0 bridgehead atoms. The van der Waals surface area contributed by atoms with E-state index in [9.17, 15) is 4.79 Å². The van der Waals surface area contributed by atoms with Crippen LogP contribution < -0.4 is 5.32 Å². The van der Waals surface area contributed by atoms with Gasteiger partial charge in [-0.15, -0.1) is 0 Å². The van der Waals surface area contributed by atoms with E-state index in [4.69, 9.17) is 0 Å². The summed E-state index contributed by atoms with van der Waals surface area (Å²) in [6.45, 7) is 4.21. The summed E-state index contributed by atoms with van der Waals surface area (Å²) in [5.41, 5.74) is 4.53. The SMILES string of the molecule is CCCCc1ccc(CC(=O)N[C@H](C)c2ccc(-n3ccnc3)cc2)cc1. The second kappa shape index (κ2) is 9.17. The van der Waals surface area contributed by atoms with Crippen LogP contribution in [-0.2, 0) is 17.6 Å². The summed E-state index contributed by atoms with van der Waals surface area (Å²) >= 11 is 0. The van der Waals surface area contributed by atoms with Crippen LogP contribution in [0, 0.1) is 0 Å². The molecule has 1 heterocycles. The quantitative estimate of drug-likeness (QED) is 0.635. The summed E-state index contributed by atoms with van der Waals surface area (Å²) in [5, 5.41) is 3.09. The van der Waals surface area contributed by atoms with Gasteiger partial charge in [-0.2, -0.15) is 0 Å². The Balaban J connectivity index is 1.54. The molecule has 1 atom stereocenters. The van der Waals surface area contributed by atoms with Crippen molar-refractivity contribution in [2.75, 3.05) is 0 Å². The summed E-state index contributed by atoms with van der Waals surface area (Å²) in [7, 11) is 0. The molecule has 3 aromatic rings. The van der Waals surface area contributed by atoms with Gasteiger partial charge in [-0.25, -0.2) is 4.98 Å². The van der Waals surface area contributed by atoms with E-state index in [1.54, 1.807) is 12.5 Å². The Morgan fingerprint density at radius 3 is 2.41 bits per heavy atom. The average Bonchev–Trinajstić information content (AvgIpc) is 3.22. The molecular weight excluding hydrogens is 334 g/mol. The number of imidazole rings is 1. The average molecular weight is 361 g/mol. The fourth-order valence-electron chi connectivity index (χ4n) is 3.11. The lowest BCUT2D eigenvalue weighted by Gasteiger charge is -2.15. The topological polar surface area (TPSA) is 46.9 Å². The van der Waals surface area contributed by atoms with E-state index in [2.05, 4.69) is 41.5 Å². The molecule has 4 heteroatoms. The third-order valence-electron chi connectivity index (χ3n) is 4.78. The zero-order valence-electron chi connectivity index (χ0n) is 16.1. The second-order valence-electron chi connectivity index (χ2n) is 6.95. The molecule has 0 aliphatic heterocycles. The molecule has 1 N–H and O–H groups in total. The van der Waals surface area contributed by atoms with Gasteiger partial charge in [0.2, 0.25) is 5.91 Å². The van der Waals surface area contributed by atoms with Crippen LogP contribution in [0.4, 0.5) is 0 Å². The molecule has 0 saturated heterocycles. The molecule has 0 aliphatic carbocycles. The van der Waals surface area contributed by atoms with Gasteiger partial charge in [-0.05, 0) is 48.6 Å². The van der Waals surface area contributed by atoms with Crippen LogP contribution in [0.3, 0.4) is 0 Å². The molecule has 140 valence electrons. The molecule has 2 aromatic carbocycles. The smallest absolute Gasteiger partial charge is 0.224 e. The Morgan fingerprint density at radius 2 is 1.78 bits per heavy atom. The number of amides is 1. The lowest BCUT2D eigenvalue weighted by Crippen LogP contribution is -2.28. The Morgan fingerprint density at radius 1 is 1.07 bits per heavy atom. The van der Waals surface area contributed by atoms with Crippen molar-refractivity contribution >= 4 is 5.91 Å². The fraction of sp³-hybridized carbons (Fsp3) is 0.304. The number of nitrogens with one attached hydrogen (secondary N) is 1. The number of hydrogen-bond donors (Lipinski definition) is 1. The van der Waals surface area contributed by atoms with Crippen molar-refractivity contribution in [3.63, 3.8) is 0 Å². The van der Waals surface area contributed by atoms with Crippen molar-refractivity contribution < 1.29 is 4.79 Å². The van der Waals surface area contributed by atoms with Gasteiger partial charge in [0.25, 0.3) is 0 Å². The number of hydrogen-bond acceptors (Lipinski definition) is 2. The molecule has 27 heavy (non-hydrogen) atoms. The maximum atomic E-state index is 12.4.